The van der Waals surface area contributed by atoms with Crippen LogP contribution in [0.25, 0.3) is 0 Å². The Balaban J connectivity index is 2.25. The number of ether oxygens (including phenoxy) is 1. The van der Waals surface area contributed by atoms with Gasteiger partial charge in [0.25, 0.3) is 0 Å². The first kappa shape index (κ1) is 12.9. The number of rotatable bonds is 4. The lowest BCUT2D eigenvalue weighted by atomic mass is 10.1. The van der Waals surface area contributed by atoms with Crippen molar-refractivity contribution < 1.29 is 18.9 Å². The zero-order chi connectivity index (χ0) is 13.7. The maximum atomic E-state index is 12.1. The number of carbonyl (C=O) groups excluding carboxylic acids is 2. The maximum absolute atomic E-state index is 12.1. The molecular weight excluding hydrogens is 244 g/mol. The van der Waals surface area contributed by atoms with E-state index in [0.717, 1.165) is 0 Å². The molecule has 0 aliphatic heterocycles. The van der Waals surface area contributed by atoms with Crippen LogP contribution in [0.5, 0.6) is 0 Å². The van der Waals surface area contributed by atoms with Crippen LogP contribution in [-0.4, -0.2) is 23.8 Å². The summed E-state index contributed by atoms with van der Waals surface area (Å²) >= 11 is 0. The molecular formula is C14H13N2O3+. The molecule has 0 saturated carbocycles. The molecule has 0 fully saturated rings. The van der Waals surface area contributed by atoms with Gasteiger partial charge in [-0.2, -0.15) is 4.57 Å². The molecule has 0 bridgehead atoms. The molecule has 0 radical (unpaired) electrons. The molecule has 0 saturated heterocycles. The number of hydrogen-bond acceptors (Lipinski definition) is 4. The lowest BCUT2D eigenvalue weighted by Gasteiger charge is -2.01. The van der Waals surface area contributed by atoms with Crippen molar-refractivity contribution in [1.29, 1.82) is 0 Å². The van der Waals surface area contributed by atoms with Gasteiger partial charge in [-0.1, -0.05) is 30.3 Å². The zero-order valence-corrected chi connectivity index (χ0v) is 10.4. The average Bonchev–Trinajstić information content (AvgIpc) is 2.48. The Morgan fingerprint density at radius 2 is 2.00 bits per heavy atom. The minimum atomic E-state index is -0.519. The highest BCUT2D eigenvalue weighted by Gasteiger charge is 2.22. The third-order valence-electron chi connectivity index (χ3n) is 2.64. The molecule has 0 amide bonds. The number of hydrogen-bond donors (Lipinski definition) is 0. The molecule has 0 spiro atoms. The first-order chi connectivity index (χ1) is 9.22. The summed E-state index contributed by atoms with van der Waals surface area (Å²) in [5, 5.41) is 0. The minimum absolute atomic E-state index is 0.0664. The fourth-order valence-corrected chi connectivity index (χ4v) is 1.67. The molecule has 1 aromatic carbocycles. The fourth-order valence-electron chi connectivity index (χ4n) is 1.67. The first-order valence-corrected chi connectivity index (χ1v) is 5.72. The van der Waals surface area contributed by atoms with E-state index in [4.69, 9.17) is 0 Å². The van der Waals surface area contributed by atoms with Gasteiger partial charge in [0.2, 0.25) is 12.3 Å². The van der Waals surface area contributed by atoms with E-state index in [9.17, 15) is 9.59 Å². The number of ketones is 1. The SMILES string of the molecule is COC(=O)c1cncc[n+]1CC(=O)c1ccccc1. The Bertz CT molecular complexity index is 597. The Labute approximate surface area is 110 Å². The highest BCUT2D eigenvalue weighted by Crippen LogP contribution is 2.00. The van der Waals surface area contributed by atoms with Crippen LogP contribution in [0.2, 0.25) is 0 Å². The second-order valence-electron chi connectivity index (χ2n) is 3.87. The van der Waals surface area contributed by atoms with Crippen LogP contribution in [0, 0.1) is 0 Å². The van der Waals surface area contributed by atoms with E-state index in [1.54, 1.807) is 30.5 Å². The first-order valence-electron chi connectivity index (χ1n) is 5.72. The van der Waals surface area contributed by atoms with E-state index in [1.807, 2.05) is 6.07 Å². The third-order valence-corrected chi connectivity index (χ3v) is 2.64. The Hall–Kier alpha value is -2.56. The van der Waals surface area contributed by atoms with Crippen molar-refractivity contribution in [1.82, 2.24) is 4.98 Å². The van der Waals surface area contributed by atoms with Crippen molar-refractivity contribution in [3.8, 4) is 0 Å². The molecule has 0 aliphatic carbocycles. The van der Waals surface area contributed by atoms with Crippen molar-refractivity contribution in [2.75, 3.05) is 7.11 Å². The van der Waals surface area contributed by atoms with Gasteiger partial charge >= 0.3 is 11.7 Å². The molecule has 0 N–H and O–H groups in total. The predicted octanol–water partition coefficient (Wildman–Crippen LogP) is 1.04. The maximum Gasteiger partial charge on any atom is 0.405 e. The second-order valence-corrected chi connectivity index (χ2v) is 3.87. The largest absolute Gasteiger partial charge is 0.461 e. The standard InChI is InChI=1S/C14H13N2O3/c1-19-14(18)12-9-15-7-8-16(12)10-13(17)11-5-3-2-4-6-11/h2-9H,10H2,1H3/q+1. The van der Waals surface area contributed by atoms with Gasteiger partial charge in [0, 0.05) is 5.56 Å². The van der Waals surface area contributed by atoms with Crippen molar-refractivity contribution in [2.45, 2.75) is 6.54 Å². The molecule has 1 heterocycles. The number of Topliss-reactive ketones (excluding diaryl/α,β-unsaturated/α-hetero) is 1. The van der Waals surface area contributed by atoms with Crippen LogP contribution >= 0.6 is 0 Å². The molecule has 5 nitrogen and oxygen atoms in total. The van der Waals surface area contributed by atoms with Gasteiger partial charge < -0.3 is 4.74 Å². The quantitative estimate of drug-likeness (QED) is 0.466. The zero-order valence-electron chi connectivity index (χ0n) is 10.4. The lowest BCUT2D eigenvalue weighted by Crippen LogP contribution is -2.43. The van der Waals surface area contributed by atoms with Gasteiger partial charge in [-0.3, -0.25) is 9.78 Å². The molecule has 0 unspecified atom stereocenters. The number of aromatic nitrogens is 2. The van der Waals surface area contributed by atoms with Crippen LogP contribution < -0.4 is 4.57 Å². The number of nitrogens with zero attached hydrogens (tertiary/aromatic N) is 2. The summed E-state index contributed by atoms with van der Waals surface area (Å²) in [6.45, 7) is 0.0664. The molecule has 5 heteroatoms. The van der Waals surface area contributed by atoms with E-state index in [2.05, 4.69) is 9.72 Å². The Morgan fingerprint density at radius 1 is 1.26 bits per heavy atom. The van der Waals surface area contributed by atoms with Crippen molar-refractivity contribution >= 4 is 11.8 Å². The molecule has 0 aliphatic rings. The molecule has 1 aromatic heterocycles. The van der Waals surface area contributed by atoms with Crippen LogP contribution in [0.4, 0.5) is 0 Å². The van der Waals surface area contributed by atoms with Crippen LogP contribution in [-0.2, 0) is 11.3 Å². The van der Waals surface area contributed by atoms with Crippen molar-refractivity contribution in [3.63, 3.8) is 0 Å². The fraction of sp³-hybridized carbons (Fsp3) is 0.143. The van der Waals surface area contributed by atoms with Gasteiger partial charge in [-0.25, -0.2) is 4.79 Å². The summed E-state index contributed by atoms with van der Waals surface area (Å²) in [7, 11) is 1.29. The molecule has 2 rings (SSSR count). The van der Waals surface area contributed by atoms with Crippen LogP contribution in [0.3, 0.4) is 0 Å². The van der Waals surface area contributed by atoms with Gasteiger partial charge in [0.1, 0.15) is 6.20 Å². The number of benzene rings is 1. The van der Waals surface area contributed by atoms with Gasteiger partial charge in [-0.05, 0) is 0 Å². The minimum Gasteiger partial charge on any atom is -0.461 e. The molecule has 0 atom stereocenters. The molecule has 2 aromatic rings. The van der Waals surface area contributed by atoms with E-state index in [0.29, 0.717) is 5.56 Å². The summed E-state index contributed by atoms with van der Waals surface area (Å²) in [6.07, 6.45) is 4.47. The Morgan fingerprint density at radius 3 is 2.68 bits per heavy atom. The van der Waals surface area contributed by atoms with E-state index in [1.165, 1.54) is 24.1 Å². The summed E-state index contributed by atoms with van der Waals surface area (Å²) < 4.78 is 6.18. The lowest BCUT2D eigenvalue weighted by molar-refractivity contribution is -0.686. The average molecular weight is 257 g/mol. The summed E-state index contributed by atoms with van der Waals surface area (Å²) in [5.41, 5.74) is 0.844. The van der Waals surface area contributed by atoms with E-state index in [-0.39, 0.29) is 18.0 Å². The molecule has 19 heavy (non-hydrogen) atoms. The highest BCUT2D eigenvalue weighted by molar-refractivity contribution is 5.95. The summed E-state index contributed by atoms with van der Waals surface area (Å²) in [6, 6.07) is 8.91. The van der Waals surface area contributed by atoms with Gasteiger partial charge in [0.05, 0.1) is 13.3 Å². The van der Waals surface area contributed by atoms with Crippen LogP contribution in [0.1, 0.15) is 20.8 Å². The number of methoxy groups -OCH3 is 1. The van der Waals surface area contributed by atoms with E-state index < -0.39 is 5.97 Å². The summed E-state index contributed by atoms with van der Waals surface area (Å²) in [4.78, 5) is 27.5. The van der Waals surface area contributed by atoms with E-state index >= 15 is 0 Å². The smallest absolute Gasteiger partial charge is 0.405 e. The van der Waals surface area contributed by atoms with Crippen molar-refractivity contribution in [3.05, 3.63) is 60.2 Å². The van der Waals surface area contributed by atoms with Gasteiger partial charge in [-0.15, -0.1) is 0 Å². The Kier molecular flexibility index (Phi) is 3.97. The monoisotopic (exact) mass is 257 g/mol. The normalized spacial score (nSPS) is 9.95. The predicted molar refractivity (Wildman–Crippen MR) is 66.5 cm³/mol. The number of esters is 1. The van der Waals surface area contributed by atoms with Gasteiger partial charge in [0.15, 0.2) is 6.20 Å². The highest BCUT2D eigenvalue weighted by atomic mass is 16.5. The molecule has 96 valence electrons. The second kappa shape index (κ2) is 5.86. The third kappa shape index (κ3) is 3.01. The number of carbonyl (C=O) groups is 2. The van der Waals surface area contributed by atoms with Crippen LogP contribution in [0.15, 0.2) is 48.9 Å². The topological polar surface area (TPSA) is 60.1 Å². The summed E-state index contributed by atoms with van der Waals surface area (Å²) in [5.74, 6) is -0.601. The van der Waals surface area contributed by atoms with Crippen molar-refractivity contribution in [2.24, 2.45) is 0 Å².